The van der Waals surface area contributed by atoms with Crippen molar-refractivity contribution >= 4 is 11.6 Å². The second-order valence-electron chi connectivity index (χ2n) is 4.48. The third-order valence-electron chi connectivity index (χ3n) is 2.89. The molecule has 0 bridgehead atoms. The predicted octanol–water partition coefficient (Wildman–Crippen LogP) is 3.76. The summed E-state index contributed by atoms with van der Waals surface area (Å²) in [6.45, 7) is 6.99. The Morgan fingerprint density at radius 1 is 1.26 bits per heavy atom. The second kappa shape index (κ2) is 6.17. The Morgan fingerprint density at radius 3 is 2.68 bits per heavy atom. The Morgan fingerprint density at radius 2 is 2.05 bits per heavy atom. The molecule has 0 amide bonds. The largest absolute Gasteiger partial charge is 0.419 e. The molecule has 4 nitrogen and oxygen atoms in total. The van der Waals surface area contributed by atoms with Crippen LogP contribution in [0.2, 0.25) is 5.02 Å². The van der Waals surface area contributed by atoms with Crippen LogP contribution in [-0.4, -0.2) is 16.7 Å². The first kappa shape index (κ1) is 14.0. The van der Waals surface area contributed by atoms with Crippen LogP contribution in [0.4, 0.5) is 0 Å². The molecule has 1 aromatic carbocycles. The molecule has 0 aliphatic rings. The van der Waals surface area contributed by atoms with Crippen molar-refractivity contribution < 1.29 is 4.42 Å². The van der Waals surface area contributed by atoms with Gasteiger partial charge < -0.3 is 9.73 Å². The lowest BCUT2D eigenvalue weighted by atomic mass is 10.1. The number of nitrogens with one attached hydrogen (secondary N) is 1. The number of aromatic nitrogens is 2. The van der Waals surface area contributed by atoms with E-state index in [2.05, 4.69) is 29.4 Å². The van der Waals surface area contributed by atoms with Gasteiger partial charge in [0.1, 0.15) is 0 Å². The Labute approximate surface area is 118 Å². The Kier molecular flexibility index (Phi) is 4.56. The SMILES string of the molecule is CCNC(CC)c1nnc(-c2cc(C)cc(Cl)c2)o1. The average molecular weight is 280 g/mol. The topological polar surface area (TPSA) is 51.0 Å². The first-order chi connectivity index (χ1) is 9.13. The van der Waals surface area contributed by atoms with Crippen LogP contribution in [0.25, 0.3) is 11.5 Å². The van der Waals surface area contributed by atoms with E-state index in [1.165, 1.54) is 0 Å². The summed E-state index contributed by atoms with van der Waals surface area (Å²) in [4.78, 5) is 0. The van der Waals surface area contributed by atoms with E-state index in [1.807, 2.05) is 25.1 Å². The van der Waals surface area contributed by atoms with Gasteiger partial charge in [-0.3, -0.25) is 0 Å². The molecule has 1 atom stereocenters. The summed E-state index contributed by atoms with van der Waals surface area (Å²) < 4.78 is 5.74. The van der Waals surface area contributed by atoms with Crippen molar-refractivity contribution in [3.63, 3.8) is 0 Å². The fraction of sp³-hybridized carbons (Fsp3) is 0.429. The summed E-state index contributed by atoms with van der Waals surface area (Å²) in [6.07, 6.45) is 0.907. The first-order valence-electron chi connectivity index (χ1n) is 6.48. The van der Waals surface area contributed by atoms with Crippen LogP contribution < -0.4 is 5.32 Å². The zero-order chi connectivity index (χ0) is 13.8. The fourth-order valence-electron chi connectivity index (χ4n) is 2.00. The van der Waals surface area contributed by atoms with E-state index in [1.54, 1.807) is 0 Å². The van der Waals surface area contributed by atoms with Gasteiger partial charge in [-0.15, -0.1) is 10.2 Å². The summed E-state index contributed by atoms with van der Waals surface area (Å²) in [5.74, 6) is 1.13. The number of benzene rings is 1. The van der Waals surface area contributed by atoms with Gasteiger partial charge in [0.15, 0.2) is 0 Å². The van der Waals surface area contributed by atoms with E-state index in [0.29, 0.717) is 16.8 Å². The summed E-state index contributed by atoms with van der Waals surface area (Å²) in [6, 6.07) is 5.82. The zero-order valence-corrected chi connectivity index (χ0v) is 12.2. The summed E-state index contributed by atoms with van der Waals surface area (Å²) in [5, 5.41) is 12.2. The molecule has 102 valence electrons. The van der Waals surface area contributed by atoms with Crippen molar-refractivity contribution in [1.29, 1.82) is 0 Å². The maximum atomic E-state index is 6.04. The van der Waals surface area contributed by atoms with Gasteiger partial charge >= 0.3 is 0 Å². The lowest BCUT2D eigenvalue weighted by molar-refractivity contribution is 0.402. The number of aryl methyl sites for hydroxylation is 1. The van der Waals surface area contributed by atoms with Crippen LogP contribution in [-0.2, 0) is 0 Å². The predicted molar refractivity (Wildman–Crippen MR) is 76.2 cm³/mol. The normalized spacial score (nSPS) is 12.6. The third kappa shape index (κ3) is 3.33. The Balaban J connectivity index is 2.29. The van der Waals surface area contributed by atoms with Gasteiger partial charge in [0.25, 0.3) is 0 Å². The first-order valence-corrected chi connectivity index (χ1v) is 6.86. The Bertz CT molecular complexity index is 533. The number of hydrogen-bond acceptors (Lipinski definition) is 4. The molecular formula is C14H18ClN3O. The maximum Gasteiger partial charge on any atom is 0.247 e. The quantitative estimate of drug-likeness (QED) is 0.905. The van der Waals surface area contributed by atoms with Gasteiger partial charge in [0.2, 0.25) is 11.8 Å². The van der Waals surface area contributed by atoms with Crippen LogP contribution in [0.1, 0.15) is 37.8 Å². The maximum absolute atomic E-state index is 6.04. The van der Waals surface area contributed by atoms with Crippen molar-refractivity contribution in [3.8, 4) is 11.5 Å². The molecule has 0 fully saturated rings. The van der Waals surface area contributed by atoms with E-state index in [9.17, 15) is 0 Å². The van der Waals surface area contributed by atoms with Crippen LogP contribution >= 0.6 is 11.6 Å². The van der Waals surface area contributed by atoms with Crippen LogP contribution in [0, 0.1) is 6.92 Å². The lowest BCUT2D eigenvalue weighted by Gasteiger charge is -2.10. The van der Waals surface area contributed by atoms with E-state index in [0.717, 1.165) is 24.1 Å². The highest BCUT2D eigenvalue weighted by Crippen LogP contribution is 2.25. The minimum absolute atomic E-state index is 0.103. The fourth-order valence-corrected chi connectivity index (χ4v) is 2.29. The van der Waals surface area contributed by atoms with Gasteiger partial charge in [-0.2, -0.15) is 0 Å². The van der Waals surface area contributed by atoms with E-state index >= 15 is 0 Å². The van der Waals surface area contributed by atoms with Crippen LogP contribution in [0.15, 0.2) is 22.6 Å². The highest BCUT2D eigenvalue weighted by molar-refractivity contribution is 6.30. The van der Waals surface area contributed by atoms with Gasteiger partial charge in [-0.25, -0.2) is 0 Å². The molecule has 1 aromatic heterocycles. The average Bonchev–Trinajstić information content (AvgIpc) is 2.84. The molecule has 0 spiro atoms. The van der Waals surface area contributed by atoms with Crippen molar-refractivity contribution in [2.75, 3.05) is 6.54 Å². The molecule has 1 unspecified atom stereocenters. The standard InChI is InChI=1S/C14H18ClN3O/c1-4-12(16-5-2)14-18-17-13(19-14)10-6-9(3)7-11(15)8-10/h6-8,12,16H,4-5H2,1-3H3. The number of rotatable bonds is 5. The molecular weight excluding hydrogens is 262 g/mol. The number of nitrogens with zero attached hydrogens (tertiary/aromatic N) is 2. The molecule has 2 aromatic rings. The minimum Gasteiger partial charge on any atom is -0.419 e. The van der Waals surface area contributed by atoms with Crippen molar-refractivity contribution in [1.82, 2.24) is 15.5 Å². The smallest absolute Gasteiger partial charge is 0.247 e. The van der Waals surface area contributed by atoms with Crippen molar-refractivity contribution in [2.24, 2.45) is 0 Å². The van der Waals surface area contributed by atoms with Crippen LogP contribution in [0.3, 0.4) is 0 Å². The van der Waals surface area contributed by atoms with E-state index in [-0.39, 0.29) is 6.04 Å². The molecule has 0 aliphatic carbocycles. The lowest BCUT2D eigenvalue weighted by Crippen LogP contribution is -2.20. The van der Waals surface area contributed by atoms with Crippen molar-refractivity contribution in [3.05, 3.63) is 34.7 Å². The number of hydrogen-bond donors (Lipinski definition) is 1. The van der Waals surface area contributed by atoms with Gasteiger partial charge in [-0.05, 0) is 43.7 Å². The Hall–Kier alpha value is -1.39. The second-order valence-corrected chi connectivity index (χ2v) is 4.92. The van der Waals surface area contributed by atoms with Gasteiger partial charge in [0, 0.05) is 10.6 Å². The molecule has 1 heterocycles. The molecule has 0 aliphatic heterocycles. The highest BCUT2D eigenvalue weighted by Gasteiger charge is 2.16. The van der Waals surface area contributed by atoms with E-state index < -0.39 is 0 Å². The van der Waals surface area contributed by atoms with Gasteiger partial charge in [-0.1, -0.05) is 25.4 Å². The molecule has 2 rings (SSSR count). The third-order valence-corrected chi connectivity index (χ3v) is 3.10. The molecule has 0 saturated heterocycles. The number of halogens is 1. The zero-order valence-electron chi connectivity index (χ0n) is 11.4. The highest BCUT2D eigenvalue weighted by atomic mass is 35.5. The molecule has 1 N–H and O–H groups in total. The van der Waals surface area contributed by atoms with E-state index in [4.69, 9.17) is 16.0 Å². The summed E-state index contributed by atoms with van der Waals surface area (Å²) in [5.41, 5.74) is 1.93. The summed E-state index contributed by atoms with van der Waals surface area (Å²) >= 11 is 6.04. The minimum atomic E-state index is 0.103. The van der Waals surface area contributed by atoms with Gasteiger partial charge in [0.05, 0.1) is 6.04 Å². The molecule has 19 heavy (non-hydrogen) atoms. The van der Waals surface area contributed by atoms with Crippen LogP contribution in [0.5, 0.6) is 0 Å². The molecule has 0 saturated carbocycles. The monoisotopic (exact) mass is 279 g/mol. The molecule has 5 heteroatoms. The molecule has 0 radical (unpaired) electrons. The van der Waals surface area contributed by atoms with Crippen molar-refractivity contribution in [2.45, 2.75) is 33.2 Å². The summed E-state index contributed by atoms with van der Waals surface area (Å²) in [7, 11) is 0.